The summed E-state index contributed by atoms with van der Waals surface area (Å²) in [6, 6.07) is 8.28. The first kappa shape index (κ1) is 15.9. The normalized spacial score (nSPS) is 11.6. The number of aromatic nitrogens is 2. The van der Waals surface area contributed by atoms with E-state index in [1.54, 1.807) is 18.4 Å². The molecule has 3 aromatic rings. The molecule has 3 rings (SSSR count). The topological polar surface area (TPSA) is 35.0 Å². The van der Waals surface area contributed by atoms with Crippen molar-refractivity contribution in [2.45, 2.75) is 39.5 Å². The van der Waals surface area contributed by atoms with Crippen molar-refractivity contribution in [3.8, 4) is 16.5 Å². The van der Waals surface area contributed by atoms with E-state index >= 15 is 0 Å². The van der Waals surface area contributed by atoms with Gasteiger partial charge in [0.25, 0.3) is 0 Å². The molecule has 2 aromatic heterocycles. The van der Waals surface area contributed by atoms with Crippen LogP contribution in [-0.4, -0.2) is 17.1 Å². The Labute approximate surface area is 141 Å². The van der Waals surface area contributed by atoms with Gasteiger partial charge in [0.2, 0.25) is 0 Å². The number of thiazole rings is 1. The van der Waals surface area contributed by atoms with E-state index in [0.717, 1.165) is 27.7 Å². The highest BCUT2D eigenvalue weighted by atomic mass is 32.1. The Bertz CT molecular complexity index is 837. The molecule has 0 aliphatic rings. The highest BCUT2D eigenvalue weighted by Gasteiger charge is 2.14. The van der Waals surface area contributed by atoms with E-state index in [2.05, 4.69) is 45.2 Å². The van der Waals surface area contributed by atoms with Crippen molar-refractivity contribution >= 4 is 22.2 Å². The number of nitrogens with zero attached hydrogens (tertiary/aromatic N) is 2. The zero-order chi connectivity index (χ0) is 16.6. The molecule has 0 aliphatic carbocycles. The van der Waals surface area contributed by atoms with Gasteiger partial charge in [0.15, 0.2) is 0 Å². The number of hydrogen-bond donors (Lipinski definition) is 0. The SMILES string of the molecule is COc1ccc2c(C(C)C)cc(-c3nc(C(C)C)cs3)nc2c1. The lowest BCUT2D eigenvalue weighted by molar-refractivity contribution is 0.415. The van der Waals surface area contributed by atoms with Gasteiger partial charge in [-0.05, 0) is 35.6 Å². The first-order chi connectivity index (χ1) is 11.0. The van der Waals surface area contributed by atoms with E-state index < -0.39 is 0 Å². The van der Waals surface area contributed by atoms with Gasteiger partial charge in [-0.2, -0.15) is 0 Å². The van der Waals surface area contributed by atoms with E-state index in [1.165, 1.54) is 10.9 Å². The number of methoxy groups -OCH3 is 1. The monoisotopic (exact) mass is 326 g/mol. The highest BCUT2D eigenvalue weighted by Crippen LogP contribution is 2.33. The fraction of sp³-hybridized carbons (Fsp3) is 0.368. The zero-order valence-electron chi connectivity index (χ0n) is 14.3. The van der Waals surface area contributed by atoms with Crippen LogP contribution in [0.4, 0.5) is 0 Å². The number of ether oxygens (including phenoxy) is 1. The minimum Gasteiger partial charge on any atom is -0.497 e. The van der Waals surface area contributed by atoms with Crippen LogP contribution in [0.25, 0.3) is 21.6 Å². The van der Waals surface area contributed by atoms with Crippen molar-refractivity contribution in [3.63, 3.8) is 0 Å². The van der Waals surface area contributed by atoms with Gasteiger partial charge >= 0.3 is 0 Å². The lowest BCUT2D eigenvalue weighted by Crippen LogP contribution is -1.96. The van der Waals surface area contributed by atoms with Crippen LogP contribution in [-0.2, 0) is 0 Å². The van der Waals surface area contributed by atoms with Gasteiger partial charge in [0, 0.05) is 16.8 Å². The number of benzene rings is 1. The van der Waals surface area contributed by atoms with Gasteiger partial charge in [-0.15, -0.1) is 11.3 Å². The van der Waals surface area contributed by atoms with Gasteiger partial charge in [0.1, 0.15) is 10.8 Å². The van der Waals surface area contributed by atoms with Crippen LogP contribution in [0.5, 0.6) is 5.75 Å². The average molecular weight is 326 g/mol. The minimum atomic E-state index is 0.428. The number of rotatable bonds is 4. The molecule has 0 bridgehead atoms. The smallest absolute Gasteiger partial charge is 0.142 e. The molecule has 0 saturated heterocycles. The molecule has 2 heterocycles. The molecule has 23 heavy (non-hydrogen) atoms. The Morgan fingerprint density at radius 1 is 1.00 bits per heavy atom. The molecular weight excluding hydrogens is 304 g/mol. The fourth-order valence-corrected chi connectivity index (χ4v) is 3.56. The first-order valence-electron chi connectivity index (χ1n) is 7.94. The summed E-state index contributed by atoms with van der Waals surface area (Å²) < 4.78 is 5.35. The van der Waals surface area contributed by atoms with Crippen LogP contribution in [0.3, 0.4) is 0 Å². The predicted octanol–water partition coefficient (Wildman–Crippen LogP) is 5.61. The van der Waals surface area contributed by atoms with Gasteiger partial charge in [-0.3, -0.25) is 0 Å². The number of hydrogen-bond acceptors (Lipinski definition) is 4. The Kier molecular flexibility index (Phi) is 4.35. The maximum absolute atomic E-state index is 5.35. The molecule has 0 N–H and O–H groups in total. The van der Waals surface area contributed by atoms with Gasteiger partial charge in [-0.1, -0.05) is 27.7 Å². The van der Waals surface area contributed by atoms with Crippen molar-refractivity contribution in [2.24, 2.45) is 0 Å². The summed E-state index contributed by atoms with van der Waals surface area (Å²) in [5.41, 5.74) is 4.34. The standard InChI is InChI=1S/C19H22N2OS/c1-11(2)15-9-17(19-21-18(10-23-19)12(3)4)20-16-8-13(22-5)6-7-14(15)16/h6-12H,1-5H3. The van der Waals surface area contributed by atoms with Gasteiger partial charge in [0.05, 0.1) is 24.0 Å². The summed E-state index contributed by atoms with van der Waals surface area (Å²) in [5.74, 6) is 1.70. The molecule has 0 aliphatic heterocycles. The molecule has 3 nitrogen and oxygen atoms in total. The summed E-state index contributed by atoms with van der Waals surface area (Å²) in [4.78, 5) is 9.59. The Morgan fingerprint density at radius 3 is 2.39 bits per heavy atom. The van der Waals surface area contributed by atoms with Crippen LogP contribution in [0.2, 0.25) is 0 Å². The Hall–Kier alpha value is -1.94. The molecular formula is C19H22N2OS. The minimum absolute atomic E-state index is 0.428. The van der Waals surface area contributed by atoms with Gasteiger partial charge in [-0.25, -0.2) is 9.97 Å². The van der Waals surface area contributed by atoms with Gasteiger partial charge < -0.3 is 4.74 Å². The molecule has 0 atom stereocenters. The average Bonchev–Trinajstić information content (AvgIpc) is 3.03. The summed E-state index contributed by atoms with van der Waals surface area (Å²) in [6.45, 7) is 8.75. The molecule has 4 heteroatoms. The quantitative estimate of drug-likeness (QED) is 0.624. The van der Waals surface area contributed by atoms with Crippen LogP contribution in [0.15, 0.2) is 29.6 Å². The maximum atomic E-state index is 5.35. The second-order valence-corrected chi connectivity index (χ2v) is 7.22. The van der Waals surface area contributed by atoms with Crippen LogP contribution < -0.4 is 4.74 Å². The molecule has 1 aromatic carbocycles. The molecule has 0 fully saturated rings. The number of fused-ring (bicyclic) bond motifs is 1. The van der Waals surface area contributed by atoms with E-state index in [1.807, 2.05) is 12.1 Å². The molecule has 0 radical (unpaired) electrons. The maximum Gasteiger partial charge on any atom is 0.142 e. The van der Waals surface area contributed by atoms with E-state index in [9.17, 15) is 0 Å². The van der Waals surface area contributed by atoms with Crippen LogP contribution in [0.1, 0.15) is 50.8 Å². The fourth-order valence-electron chi connectivity index (χ4n) is 2.62. The lowest BCUT2D eigenvalue weighted by atomic mass is 9.97. The second-order valence-electron chi connectivity index (χ2n) is 6.37. The predicted molar refractivity (Wildman–Crippen MR) is 97.6 cm³/mol. The van der Waals surface area contributed by atoms with Crippen molar-refractivity contribution in [3.05, 3.63) is 40.9 Å². The molecule has 0 saturated carbocycles. The summed E-state index contributed by atoms with van der Waals surface area (Å²) in [6.07, 6.45) is 0. The van der Waals surface area contributed by atoms with Crippen LogP contribution >= 0.6 is 11.3 Å². The van der Waals surface area contributed by atoms with E-state index in [0.29, 0.717) is 11.8 Å². The van der Waals surface area contributed by atoms with Crippen molar-refractivity contribution in [1.82, 2.24) is 9.97 Å². The summed E-state index contributed by atoms with van der Waals surface area (Å²) in [5, 5.41) is 4.30. The largest absolute Gasteiger partial charge is 0.497 e. The third-order valence-corrected chi connectivity index (χ3v) is 4.89. The molecule has 120 valence electrons. The summed E-state index contributed by atoms with van der Waals surface area (Å²) in [7, 11) is 1.68. The zero-order valence-corrected chi connectivity index (χ0v) is 15.1. The molecule has 0 unspecified atom stereocenters. The molecule has 0 amide bonds. The number of pyridine rings is 1. The van der Waals surface area contributed by atoms with Crippen molar-refractivity contribution in [1.29, 1.82) is 0 Å². The summed E-state index contributed by atoms with van der Waals surface area (Å²) >= 11 is 1.67. The Balaban J connectivity index is 2.19. The third-order valence-electron chi connectivity index (χ3n) is 4.00. The highest BCUT2D eigenvalue weighted by molar-refractivity contribution is 7.13. The lowest BCUT2D eigenvalue weighted by Gasteiger charge is -2.12. The second kappa shape index (κ2) is 6.28. The van der Waals surface area contributed by atoms with Crippen molar-refractivity contribution in [2.75, 3.05) is 7.11 Å². The van der Waals surface area contributed by atoms with Crippen LogP contribution in [0, 0.1) is 0 Å². The Morgan fingerprint density at radius 2 is 1.78 bits per heavy atom. The first-order valence-corrected chi connectivity index (χ1v) is 8.82. The third kappa shape index (κ3) is 3.08. The molecule has 0 spiro atoms. The van der Waals surface area contributed by atoms with E-state index in [-0.39, 0.29) is 0 Å². The van der Waals surface area contributed by atoms with Crippen molar-refractivity contribution < 1.29 is 4.74 Å². The van der Waals surface area contributed by atoms with E-state index in [4.69, 9.17) is 14.7 Å².